The van der Waals surface area contributed by atoms with Gasteiger partial charge in [-0.15, -0.1) is 0 Å². The molecule has 0 aromatic heterocycles. The molecule has 1 unspecified atom stereocenters. The average molecular weight is 386 g/mol. The van der Waals surface area contributed by atoms with Crippen molar-refractivity contribution < 1.29 is 29.1 Å². The molecule has 0 spiro atoms. The highest BCUT2D eigenvalue weighted by molar-refractivity contribution is 6.46. The number of hydrogen-bond donors (Lipinski definition) is 2. The average Bonchev–Trinajstić information content (AvgIpc) is 2.93. The van der Waals surface area contributed by atoms with Crippen molar-refractivity contribution in [3.05, 3.63) is 81.2 Å². The van der Waals surface area contributed by atoms with Crippen LogP contribution in [0.5, 0.6) is 0 Å². The number of nitro benzene ring substituents is 1. The van der Waals surface area contributed by atoms with Crippen molar-refractivity contribution in [1.82, 2.24) is 4.90 Å². The van der Waals surface area contributed by atoms with E-state index in [1.165, 1.54) is 24.3 Å². The molecule has 3 rings (SSSR count). The SMILES string of the molecule is O=C1C(=O)N(CCO)C(c2ccc(F)cc2)C1=C(O)c1ccc([N+](=O)[O-])cc1. The summed E-state index contributed by atoms with van der Waals surface area (Å²) >= 11 is 0. The number of nitrogens with zero attached hydrogens (tertiary/aromatic N) is 2. The zero-order valence-electron chi connectivity index (χ0n) is 14.4. The molecule has 1 saturated heterocycles. The number of Topliss-reactive ketones (excluding diaryl/α,β-unsaturated/α-hetero) is 1. The summed E-state index contributed by atoms with van der Waals surface area (Å²) in [6, 6.07) is 8.86. The molecule has 2 aromatic rings. The van der Waals surface area contributed by atoms with Crippen LogP contribution in [-0.4, -0.2) is 44.9 Å². The summed E-state index contributed by atoms with van der Waals surface area (Å²) in [5, 5.41) is 30.7. The fourth-order valence-electron chi connectivity index (χ4n) is 3.11. The molecule has 2 N–H and O–H groups in total. The van der Waals surface area contributed by atoms with E-state index < -0.39 is 40.8 Å². The molecule has 0 bridgehead atoms. The molecule has 1 heterocycles. The lowest BCUT2D eigenvalue weighted by atomic mass is 9.95. The maximum Gasteiger partial charge on any atom is 0.295 e. The summed E-state index contributed by atoms with van der Waals surface area (Å²) in [4.78, 5) is 36.2. The number of aliphatic hydroxyl groups is 2. The second kappa shape index (κ2) is 7.57. The van der Waals surface area contributed by atoms with E-state index in [1.54, 1.807) is 0 Å². The van der Waals surface area contributed by atoms with Crippen molar-refractivity contribution in [3.63, 3.8) is 0 Å². The molecule has 1 fully saturated rings. The van der Waals surface area contributed by atoms with Crippen molar-refractivity contribution in [1.29, 1.82) is 0 Å². The van der Waals surface area contributed by atoms with Crippen LogP contribution in [-0.2, 0) is 9.59 Å². The number of β-amino-alcohol motifs (C(OH)–C–C–N with tert-alkyl or cyclic N) is 1. The highest BCUT2D eigenvalue weighted by Gasteiger charge is 2.45. The minimum absolute atomic E-state index is 0.111. The van der Waals surface area contributed by atoms with Crippen molar-refractivity contribution in [2.75, 3.05) is 13.2 Å². The Morgan fingerprint density at radius 1 is 1.11 bits per heavy atom. The van der Waals surface area contributed by atoms with Crippen LogP contribution in [0.2, 0.25) is 0 Å². The Bertz CT molecular complexity index is 969. The normalized spacial score (nSPS) is 18.5. The van der Waals surface area contributed by atoms with Crippen LogP contribution in [0.3, 0.4) is 0 Å². The topological polar surface area (TPSA) is 121 Å². The van der Waals surface area contributed by atoms with Crippen LogP contribution in [0.1, 0.15) is 17.2 Å². The smallest absolute Gasteiger partial charge is 0.295 e. The Hall–Kier alpha value is -3.59. The Morgan fingerprint density at radius 2 is 1.71 bits per heavy atom. The minimum atomic E-state index is -1.03. The lowest BCUT2D eigenvalue weighted by Gasteiger charge is -2.24. The monoisotopic (exact) mass is 386 g/mol. The summed E-state index contributed by atoms with van der Waals surface area (Å²) in [6.45, 7) is -0.577. The van der Waals surface area contributed by atoms with E-state index in [1.807, 2.05) is 0 Å². The van der Waals surface area contributed by atoms with Crippen molar-refractivity contribution in [2.24, 2.45) is 0 Å². The zero-order valence-corrected chi connectivity index (χ0v) is 14.4. The van der Waals surface area contributed by atoms with Gasteiger partial charge in [0, 0.05) is 24.2 Å². The maximum atomic E-state index is 13.3. The first-order chi connectivity index (χ1) is 13.3. The molecule has 0 aliphatic carbocycles. The van der Waals surface area contributed by atoms with Crippen molar-refractivity contribution in [2.45, 2.75) is 6.04 Å². The summed E-state index contributed by atoms with van der Waals surface area (Å²) in [5.41, 5.74) is 0.0449. The van der Waals surface area contributed by atoms with Gasteiger partial charge < -0.3 is 15.1 Å². The van der Waals surface area contributed by atoms with Crippen LogP contribution < -0.4 is 0 Å². The van der Waals surface area contributed by atoms with E-state index in [2.05, 4.69) is 0 Å². The number of amides is 1. The molecule has 1 atom stereocenters. The van der Waals surface area contributed by atoms with Crippen LogP contribution in [0.15, 0.2) is 54.1 Å². The van der Waals surface area contributed by atoms with E-state index in [-0.39, 0.29) is 23.4 Å². The van der Waals surface area contributed by atoms with Gasteiger partial charge in [0.1, 0.15) is 11.6 Å². The van der Waals surface area contributed by atoms with E-state index in [9.17, 15) is 34.3 Å². The predicted molar refractivity (Wildman–Crippen MR) is 95.6 cm³/mol. The maximum absolute atomic E-state index is 13.3. The first kappa shape index (κ1) is 19.2. The number of aliphatic hydroxyl groups excluding tert-OH is 2. The van der Waals surface area contributed by atoms with Gasteiger partial charge in [0.2, 0.25) is 0 Å². The molecule has 144 valence electrons. The van der Waals surface area contributed by atoms with Crippen LogP contribution in [0.4, 0.5) is 10.1 Å². The first-order valence-electron chi connectivity index (χ1n) is 8.24. The Balaban J connectivity index is 2.14. The number of rotatable bonds is 5. The zero-order chi connectivity index (χ0) is 20.4. The molecule has 1 aliphatic heterocycles. The van der Waals surface area contributed by atoms with Gasteiger partial charge in [-0.3, -0.25) is 19.7 Å². The second-order valence-electron chi connectivity index (χ2n) is 6.07. The van der Waals surface area contributed by atoms with E-state index >= 15 is 0 Å². The standard InChI is InChI=1S/C19H15FN2O6/c20-13-5-1-11(2-6-13)16-15(18(25)19(26)21(16)9-10-23)17(24)12-3-7-14(8-4-12)22(27)28/h1-8,16,23-24H,9-10H2. The number of nitro groups is 1. The minimum Gasteiger partial charge on any atom is -0.507 e. The van der Waals surface area contributed by atoms with Gasteiger partial charge >= 0.3 is 0 Å². The molecule has 0 radical (unpaired) electrons. The number of benzene rings is 2. The summed E-state index contributed by atoms with van der Waals surface area (Å²) in [7, 11) is 0. The van der Waals surface area contributed by atoms with Gasteiger partial charge in [0.05, 0.1) is 23.1 Å². The third kappa shape index (κ3) is 3.35. The predicted octanol–water partition coefficient (Wildman–Crippen LogP) is 2.15. The quantitative estimate of drug-likeness (QED) is 0.267. The lowest BCUT2D eigenvalue weighted by Crippen LogP contribution is -2.32. The molecule has 28 heavy (non-hydrogen) atoms. The fraction of sp³-hybridized carbons (Fsp3) is 0.158. The molecular weight excluding hydrogens is 371 g/mol. The Morgan fingerprint density at radius 3 is 2.25 bits per heavy atom. The number of likely N-dealkylation sites (tertiary alicyclic amines) is 1. The highest BCUT2D eigenvalue weighted by atomic mass is 19.1. The molecule has 1 aliphatic rings. The molecule has 1 amide bonds. The van der Waals surface area contributed by atoms with Gasteiger partial charge in [-0.25, -0.2) is 4.39 Å². The number of non-ortho nitro benzene ring substituents is 1. The number of carbonyl (C=O) groups is 2. The van der Waals surface area contributed by atoms with Gasteiger partial charge in [0.25, 0.3) is 17.4 Å². The molecule has 0 saturated carbocycles. The first-order valence-corrected chi connectivity index (χ1v) is 8.24. The van der Waals surface area contributed by atoms with Crippen LogP contribution >= 0.6 is 0 Å². The molecular formula is C19H15FN2O6. The van der Waals surface area contributed by atoms with E-state index in [0.717, 1.165) is 29.2 Å². The summed E-state index contributed by atoms with van der Waals surface area (Å²) < 4.78 is 13.3. The third-order valence-corrected chi connectivity index (χ3v) is 4.42. The van der Waals surface area contributed by atoms with E-state index in [4.69, 9.17) is 0 Å². The molecule has 8 nitrogen and oxygen atoms in total. The highest BCUT2D eigenvalue weighted by Crippen LogP contribution is 2.39. The third-order valence-electron chi connectivity index (χ3n) is 4.42. The van der Waals surface area contributed by atoms with Crippen molar-refractivity contribution in [3.8, 4) is 0 Å². The molecule has 2 aromatic carbocycles. The summed E-state index contributed by atoms with van der Waals surface area (Å²) in [5.74, 6) is -2.90. The Labute approximate surface area is 158 Å². The van der Waals surface area contributed by atoms with E-state index in [0.29, 0.717) is 5.56 Å². The number of hydrogen-bond acceptors (Lipinski definition) is 6. The van der Waals surface area contributed by atoms with Crippen LogP contribution in [0, 0.1) is 15.9 Å². The van der Waals surface area contributed by atoms with Gasteiger partial charge in [0.15, 0.2) is 0 Å². The van der Waals surface area contributed by atoms with Gasteiger partial charge in [-0.2, -0.15) is 0 Å². The number of ketones is 1. The lowest BCUT2D eigenvalue weighted by molar-refractivity contribution is -0.384. The number of carbonyl (C=O) groups excluding carboxylic acids is 2. The van der Waals surface area contributed by atoms with Gasteiger partial charge in [-0.1, -0.05) is 12.1 Å². The summed E-state index contributed by atoms with van der Waals surface area (Å²) in [6.07, 6.45) is 0. The van der Waals surface area contributed by atoms with Crippen LogP contribution in [0.25, 0.3) is 5.76 Å². The fourth-order valence-corrected chi connectivity index (χ4v) is 3.11. The molecule has 9 heteroatoms. The number of halogens is 1. The Kier molecular flexibility index (Phi) is 5.18. The van der Waals surface area contributed by atoms with Gasteiger partial charge in [-0.05, 0) is 29.8 Å². The second-order valence-corrected chi connectivity index (χ2v) is 6.07. The largest absolute Gasteiger partial charge is 0.507 e. The van der Waals surface area contributed by atoms with Crippen molar-refractivity contribution >= 4 is 23.1 Å².